The number of cyclic esters (lactones) is 2. The molecule has 34 heteroatoms. The molecule has 116 heavy (non-hydrogen) atoms. The molecule has 6 rings (SSSR count). The summed E-state index contributed by atoms with van der Waals surface area (Å²) >= 11 is 0. The third kappa shape index (κ3) is 26.0. The summed E-state index contributed by atoms with van der Waals surface area (Å²) in [6.07, 6.45) is -19.0. The van der Waals surface area contributed by atoms with E-state index in [1.807, 2.05) is 65.7 Å². The Morgan fingerprint density at radius 2 is 0.776 bits per heavy atom. The zero-order valence-corrected chi connectivity index (χ0v) is 74.6. The lowest BCUT2D eigenvalue weighted by Crippen LogP contribution is -2.61. The van der Waals surface area contributed by atoms with Crippen molar-refractivity contribution in [3.05, 3.63) is 0 Å². The maximum absolute atomic E-state index is 14.3. The Labute approximate surface area is 689 Å². The highest BCUT2D eigenvalue weighted by molar-refractivity contribution is 5.89. The number of methoxy groups -OCH3 is 4. The first-order chi connectivity index (χ1) is 53.9. The van der Waals surface area contributed by atoms with E-state index >= 15 is 0 Å². The summed E-state index contributed by atoms with van der Waals surface area (Å²) in [5.74, 6) is -8.28. The van der Waals surface area contributed by atoms with E-state index in [0.29, 0.717) is 37.5 Å². The summed E-state index contributed by atoms with van der Waals surface area (Å²) in [4.78, 5) is 43.6. The first kappa shape index (κ1) is 103. The maximum Gasteiger partial charge on any atom is 0.311 e. The van der Waals surface area contributed by atoms with Gasteiger partial charge in [-0.1, -0.05) is 65.7 Å². The zero-order chi connectivity index (χ0) is 87.8. The molecular weight excluding hydrogens is 1520 g/mol. The summed E-state index contributed by atoms with van der Waals surface area (Å²) in [5, 5.41) is 127. The van der Waals surface area contributed by atoms with Gasteiger partial charge < -0.3 is 146 Å². The van der Waals surface area contributed by atoms with Crippen LogP contribution < -0.4 is 0 Å². The van der Waals surface area contributed by atoms with E-state index < -0.39 is 204 Å². The molecule has 6 aliphatic heterocycles. The first-order valence-electron chi connectivity index (χ1n) is 41.5. The molecule has 0 bridgehead atoms. The fourth-order valence-corrected chi connectivity index (χ4v) is 17.9. The largest absolute Gasteiger partial charge is 0.459 e. The van der Waals surface area contributed by atoms with Crippen molar-refractivity contribution in [1.82, 2.24) is 9.80 Å². The molecule has 0 saturated carbocycles. The number of hydrogen-bond acceptors (Lipinski definition) is 34. The number of likely N-dealkylation sites (N-methyl/N-ethyl adjacent to an activating group) is 2. The highest BCUT2D eigenvalue weighted by Gasteiger charge is 2.57. The van der Waals surface area contributed by atoms with Crippen molar-refractivity contribution in [3.8, 4) is 0 Å². The van der Waals surface area contributed by atoms with Crippen molar-refractivity contribution in [2.45, 2.75) is 358 Å². The lowest BCUT2D eigenvalue weighted by Gasteiger charge is -2.49. The van der Waals surface area contributed by atoms with Gasteiger partial charge >= 0.3 is 11.9 Å². The molecule has 680 valence electrons. The maximum atomic E-state index is 14.3. The normalized spacial score (nSPS) is 45.8. The number of carbonyl (C=O) groups excluding carboxylic acids is 2. The lowest BCUT2D eigenvalue weighted by molar-refractivity contribution is -0.318. The number of ether oxygens (including phenoxy) is 16. The second-order valence-corrected chi connectivity index (χ2v) is 35.5. The molecule has 6 saturated heterocycles. The van der Waals surface area contributed by atoms with Crippen LogP contribution in [0.15, 0.2) is 10.3 Å². The molecule has 6 aliphatic rings. The van der Waals surface area contributed by atoms with Crippen LogP contribution in [-0.2, 0) is 95.1 Å². The fourth-order valence-electron chi connectivity index (χ4n) is 17.9. The molecule has 0 aromatic rings. The van der Waals surface area contributed by atoms with Gasteiger partial charge in [-0.2, -0.15) is 0 Å². The Balaban J connectivity index is 0.000000414. The molecule has 10 N–H and O–H groups in total. The molecular formula is C82H152N4O30. The summed E-state index contributed by atoms with van der Waals surface area (Å²) in [6.45, 7) is 34.6. The van der Waals surface area contributed by atoms with Gasteiger partial charge in [0.25, 0.3) is 0 Å². The van der Waals surface area contributed by atoms with Crippen molar-refractivity contribution < 1.29 is 146 Å². The van der Waals surface area contributed by atoms with Crippen LogP contribution in [0.1, 0.15) is 190 Å². The van der Waals surface area contributed by atoms with E-state index in [0.717, 1.165) is 0 Å². The van der Waals surface area contributed by atoms with E-state index in [1.165, 1.54) is 28.1 Å². The van der Waals surface area contributed by atoms with Gasteiger partial charge in [-0.15, -0.1) is 0 Å². The average Bonchev–Trinajstić information content (AvgIpc) is 0.773. The predicted molar refractivity (Wildman–Crippen MR) is 425 cm³/mol. The Hall–Kier alpha value is -3.16. The highest BCUT2D eigenvalue weighted by Crippen LogP contribution is 2.45. The van der Waals surface area contributed by atoms with Crippen LogP contribution in [0.5, 0.6) is 0 Å². The van der Waals surface area contributed by atoms with E-state index in [9.17, 15) is 60.7 Å². The van der Waals surface area contributed by atoms with Crippen molar-refractivity contribution in [3.63, 3.8) is 0 Å². The molecule has 0 radical (unpaired) electrons. The highest BCUT2D eigenvalue weighted by atomic mass is 16.8. The minimum atomic E-state index is -1.97. The quantitative estimate of drug-likeness (QED) is 0.0248. The van der Waals surface area contributed by atoms with Gasteiger partial charge in [-0.25, -0.2) is 0 Å². The summed E-state index contributed by atoms with van der Waals surface area (Å²) in [7, 11) is 13.5. The number of aliphatic hydroxyl groups excluding tert-OH is 6. The number of aliphatic hydroxyl groups is 10. The van der Waals surface area contributed by atoms with Crippen LogP contribution in [0.2, 0.25) is 0 Å². The number of oxime groups is 2. The predicted octanol–water partition coefficient (Wildman–Crippen LogP) is 4.42. The van der Waals surface area contributed by atoms with E-state index in [2.05, 4.69) is 10.3 Å². The molecule has 0 amide bonds. The Bertz CT molecular complexity index is 2800. The second kappa shape index (κ2) is 44.9. The van der Waals surface area contributed by atoms with Crippen LogP contribution in [-0.4, -0.2) is 349 Å². The summed E-state index contributed by atoms with van der Waals surface area (Å²) in [5.41, 5.74) is -8.99. The smallest absolute Gasteiger partial charge is 0.311 e. The first-order valence-corrected chi connectivity index (χ1v) is 41.5. The van der Waals surface area contributed by atoms with Gasteiger partial charge in [-0.3, -0.25) is 9.59 Å². The van der Waals surface area contributed by atoms with Crippen LogP contribution in [0.25, 0.3) is 0 Å². The van der Waals surface area contributed by atoms with Crippen molar-refractivity contribution in [1.29, 1.82) is 0 Å². The minimum absolute atomic E-state index is 0.0307. The molecule has 36 atom stereocenters. The van der Waals surface area contributed by atoms with E-state index in [4.69, 9.17) is 85.5 Å². The molecule has 0 unspecified atom stereocenters. The average molecular weight is 1670 g/mol. The van der Waals surface area contributed by atoms with E-state index in [1.54, 1.807) is 111 Å². The van der Waals surface area contributed by atoms with Gasteiger partial charge in [0.05, 0.1) is 133 Å². The zero-order valence-electron chi connectivity index (χ0n) is 74.6. The van der Waals surface area contributed by atoms with Gasteiger partial charge in [0.1, 0.15) is 47.8 Å². The van der Waals surface area contributed by atoms with Crippen LogP contribution in [0, 0.1) is 47.3 Å². The van der Waals surface area contributed by atoms with Gasteiger partial charge in [0, 0.05) is 88.9 Å². The topological polar surface area (TPSA) is 434 Å². The van der Waals surface area contributed by atoms with Crippen molar-refractivity contribution in [2.75, 3.05) is 96.6 Å². The number of esters is 2. The molecule has 34 nitrogen and oxygen atoms in total. The Morgan fingerprint density at radius 3 is 1.07 bits per heavy atom. The third-order valence-corrected chi connectivity index (χ3v) is 25.2. The minimum Gasteiger partial charge on any atom is -0.459 e. The van der Waals surface area contributed by atoms with Crippen LogP contribution in [0.4, 0.5) is 0 Å². The summed E-state index contributed by atoms with van der Waals surface area (Å²) in [6, 6.07) is -0.656. The standard InChI is InChI=1S/2C41H76N2O15/c2*1-15-29-41(10,49)34(45)24(4)31(42-53-21-52-17-16-50-13)22(2)19-39(8,48)36(58-38-32(44)28(43(11)12)18-23(3)54-38)25(5)33(26(6)37(47)56-29)57-30-20-40(9,51-14)35(46)27(7)55-30/h2*22-30,32-36,38,44-46,48-49H,15-21H2,1-14H3/b2*42-31+/t2*22-,23-,24+,25+,26-,27+,28+,29-,30+,32-,33+,34-,35+,36-,38+,39-,40-,41-/m11/s1. The monoisotopic (exact) mass is 1670 g/mol. The molecule has 0 spiro atoms. The molecule has 0 aromatic heterocycles. The van der Waals surface area contributed by atoms with Crippen LogP contribution in [0.3, 0.4) is 0 Å². The lowest BCUT2D eigenvalue weighted by atomic mass is 9.73. The Morgan fingerprint density at radius 1 is 0.448 bits per heavy atom. The molecule has 0 aromatic carbocycles. The molecule has 6 heterocycles. The second-order valence-electron chi connectivity index (χ2n) is 35.5. The molecule has 0 aliphatic carbocycles. The number of carbonyl (C=O) groups is 2. The molecule has 6 fully saturated rings. The SMILES string of the molecule is CC[C@H]1OC(=O)[C@H](C)[C@@H](O[C@H]2C[C@@](C)(OC)[C@@H](O)[C@H](C)O2)[C@H](C)[C@@H](O[C@@H]2O[C@H](C)C[C@H](N(C)C)[C@H]2O)[C@](C)(O)C[C@@H](C)/C(=N\OCOCCOC)[C@H](C)[C@@H](O)[C@]1(C)O.CC[C@H]1OC(=O)[C@H](C)[C@@H](O[C@H]2C[C@@](C)(OC)[C@@H](O)[C@H](C)O2)[C@H](C)[C@@H](O[C@@H]2O[C@H](C)C[C@H](N(C)C)[C@H]2O)[C@](C)(O)C[C@@H](C)/C(=N\OCOCCOC)[C@H](C)[C@@H](O)[C@]1(C)O. The Kier molecular flexibility index (Phi) is 40.1. The van der Waals surface area contributed by atoms with Gasteiger partial charge in [-0.05, 0) is 150 Å². The number of rotatable bonds is 26. The van der Waals surface area contributed by atoms with Crippen molar-refractivity contribution in [2.24, 2.45) is 57.7 Å². The summed E-state index contributed by atoms with van der Waals surface area (Å²) < 4.78 is 96.3. The fraction of sp³-hybridized carbons (Fsp3) is 0.951. The van der Waals surface area contributed by atoms with Gasteiger partial charge in [0.2, 0.25) is 13.6 Å². The van der Waals surface area contributed by atoms with Crippen LogP contribution >= 0.6 is 0 Å². The van der Waals surface area contributed by atoms with Crippen molar-refractivity contribution >= 4 is 23.4 Å². The van der Waals surface area contributed by atoms with E-state index in [-0.39, 0.29) is 89.6 Å². The number of hydrogen-bond donors (Lipinski definition) is 10. The van der Waals surface area contributed by atoms with Gasteiger partial charge in [0.15, 0.2) is 25.2 Å². The third-order valence-electron chi connectivity index (χ3n) is 25.2. The number of nitrogens with zero attached hydrogens (tertiary/aromatic N) is 4.